The zero-order chi connectivity index (χ0) is 12.3. The summed E-state index contributed by atoms with van der Waals surface area (Å²) in [6.07, 6.45) is 3.08. The number of aliphatic carboxylic acids is 1. The molecule has 2 atom stereocenters. The second-order valence-corrected chi connectivity index (χ2v) is 5.13. The Kier molecular flexibility index (Phi) is 3.48. The molecule has 0 aromatic heterocycles. The molecule has 3 heteroatoms. The van der Waals surface area contributed by atoms with E-state index in [2.05, 4.69) is 12.1 Å². The Morgan fingerprint density at radius 1 is 1.41 bits per heavy atom. The quantitative estimate of drug-likeness (QED) is 0.839. The van der Waals surface area contributed by atoms with Gasteiger partial charge in [0.05, 0.1) is 6.42 Å². The van der Waals surface area contributed by atoms with Crippen molar-refractivity contribution in [3.05, 3.63) is 35.9 Å². The third-order valence-corrected chi connectivity index (χ3v) is 3.93. The topological polar surface area (TPSA) is 63.3 Å². The Labute approximate surface area is 102 Å². The molecule has 1 aliphatic carbocycles. The predicted molar refractivity (Wildman–Crippen MR) is 66.8 cm³/mol. The molecule has 0 heterocycles. The van der Waals surface area contributed by atoms with Crippen LogP contribution in [0.1, 0.15) is 37.2 Å². The van der Waals surface area contributed by atoms with Gasteiger partial charge in [0.1, 0.15) is 0 Å². The molecule has 1 aliphatic rings. The van der Waals surface area contributed by atoms with Crippen LogP contribution < -0.4 is 5.73 Å². The molecule has 3 nitrogen and oxygen atoms in total. The highest BCUT2D eigenvalue weighted by atomic mass is 16.4. The lowest BCUT2D eigenvalue weighted by atomic mass is 9.81. The number of carboxylic acids is 1. The smallest absolute Gasteiger partial charge is 0.303 e. The molecule has 92 valence electrons. The van der Waals surface area contributed by atoms with Crippen LogP contribution in [0.3, 0.4) is 0 Å². The third-order valence-electron chi connectivity index (χ3n) is 3.93. The van der Waals surface area contributed by atoms with Crippen molar-refractivity contribution in [1.82, 2.24) is 0 Å². The molecule has 1 aromatic rings. The van der Waals surface area contributed by atoms with Crippen molar-refractivity contribution in [2.45, 2.75) is 31.6 Å². The van der Waals surface area contributed by atoms with Crippen LogP contribution in [0.2, 0.25) is 0 Å². The van der Waals surface area contributed by atoms with Crippen LogP contribution in [-0.4, -0.2) is 17.6 Å². The Hall–Kier alpha value is -1.35. The van der Waals surface area contributed by atoms with Crippen LogP contribution in [0.15, 0.2) is 30.3 Å². The summed E-state index contributed by atoms with van der Waals surface area (Å²) in [4.78, 5) is 10.9. The van der Waals surface area contributed by atoms with E-state index < -0.39 is 5.97 Å². The lowest BCUT2D eigenvalue weighted by Crippen LogP contribution is -2.30. The maximum absolute atomic E-state index is 10.9. The molecule has 17 heavy (non-hydrogen) atoms. The summed E-state index contributed by atoms with van der Waals surface area (Å²) in [5.74, 6) is -0.261. The number of nitrogens with two attached hydrogens (primary N) is 1. The van der Waals surface area contributed by atoms with Crippen molar-refractivity contribution < 1.29 is 9.90 Å². The molecule has 1 aromatic carbocycles. The number of hydrogen-bond donors (Lipinski definition) is 2. The molecule has 2 rings (SSSR count). The molecule has 0 aliphatic heterocycles. The zero-order valence-corrected chi connectivity index (χ0v) is 9.93. The fourth-order valence-corrected chi connectivity index (χ4v) is 2.96. The number of hydrogen-bond acceptors (Lipinski definition) is 2. The van der Waals surface area contributed by atoms with Gasteiger partial charge in [0, 0.05) is 0 Å². The average molecular weight is 233 g/mol. The number of carboxylic acid groups (broad SMARTS) is 1. The minimum atomic E-state index is -0.732. The van der Waals surface area contributed by atoms with Crippen molar-refractivity contribution in [1.29, 1.82) is 0 Å². The van der Waals surface area contributed by atoms with Gasteiger partial charge in [0.2, 0.25) is 0 Å². The van der Waals surface area contributed by atoms with Gasteiger partial charge in [-0.1, -0.05) is 30.3 Å². The van der Waals surface area contributed by atoms with Crippen LogP contribution in [0, 0.1) is 5.41 Å². The summed E-state index contributed by atoms with van der Waals surface area (Å²) >= 11 is 0. The number of carbonyl (C=O) groups is 1. The molecule has 0 amide bonds. The van der Waals surface area contributed by atoms with Crippen molar-refractivity contribution in [2.24, 2.45) is 11.1 Å². The van der Waals surface area contributed by atoms with Gasteiger partial charge in [-0.3, -0.25) is 4.79 Å². The van der Waals surface area contributed by atoms with Gasteiger partial charge in [-0.05, 0) is 42.7 Å². The fraction of sp³-hybridized carbons (Fsp3) is 0.500. The second-order valence-electron chi connectivity index (χ2n) is 5.13. The molecule has 3 N–H and O–H groups in total. The van der Waals surface area contributed by atoms with Crippen molar-refractivity contribution in [3.63, 3.8) is 0 Å². The number of rotatable bonds is 4. The van der Waals surface area contributed by atoms with E-state index in [9.17, 15) is 4.79 Å². The predicted octanol–water partition coefficient (Wildman–Crippen LogP) is 2.37. The summed E-state index contributed by atoms with van der Waals surface area (Å²) in [7, 11) is 0. The van der Waals surface area contributed by atoms with Gasteiger partial charge in [0.25, 0.3) is 0 Å². The number of benzene rings is 1. The SMILES string of the molecule is NC[C@]1(CC(=O)O)CC[C@H](c2ccccc2)C1. The standard InChI is InChI=1S/C14H19NO2/c15-10-14(9-13(16)17)7-6-12(8-14)11-4-2-1-3-5-11/h1-5,12H,6-10,15H2,(H,16,17)/t12-,14+/m0/s1. The van der Waals surface area contributed by atoms with Gasteiger partial charge in [-0.15, -0.1) is 0 Å². The summed E-state index contributed by atoms with van der Waals surface area (Å²) < 4.78 is 0. The van der Waals surface area contributed by atoms with Crippen LogP contribution in [0.25, 0.3) is 0 Å². The Balaban J connectivity index is 2.10. The Morgan fingerprint density at radius 3 is 2.71 bits per heavy atom. The van der Waals surface area contributed by atoms with Gasteiger partial charge in [-0.25, -0.2) is 0 Å². The van der Waals surface area contributed by atoms with E-state index in [1.54, 1.807) is 0 Å². The van der Waals surface area contributed by atoms with Gasteiger partial charge in [-0.2, -0.15) is 0 Å². The molecule has 0 spiro atoms. The molecule has 0 bridgehead atoms. The van der Waals surface area contributed by atoms with Crippen molar-refractivity contribution in [2.75, 3.05) is 6.54 Å². The summed E-state index contributed by atoms with van der Waals surface area (Å²) in [6, 6.07) is 10.3. The average Bonchev–Trinajstić information content (AvgIpc) is 2.74. The lowest BCUT2D eigenvalue weighted by Gasteiger charge is -2.25. The third kappa shape index (κ3) is 2.67. The fourth-order valence-electron chi connectivity index (χ4n) is 2.96. The molecular formula is C14H19NO2. The van der Waals surface area contributed by atoms with E-state index in [-0.39, 0.29) is 11.8 Å². The van der Waals surface area contributed by atoms with E-state index in [1.807, 2.05) is 18.2 Å². The largest absolute Gasteiger partial charge is 0.481 e. The molecule has 1 saturated carbocycles. The molecule has 1 fully saturated rings. The molecular weight excluding hydrogens is 214 g/mol. The van der Waals surface area contributed by atoms with E-state index in [4.69, 9.17) is 10.8 Å². The van der Waals surface area contributed by atoms with Gasteiger partial charge >= 0.3 is 5.97 Å². The van der Waals surface area contributed by atoms with Crippen LogP contribution in [-0.2, 0) is 4.79 Å². The molecule has 0 radical (unpaired) electrons. The molecule has 0 unspecified atom stereocenters. The highest BCUT2D eigenvalue weighted by molar-refractivity contribution is 5.67. The van der Waals surface area contributed by atoms with Crippen LogP contribution in [0.5, 0.6) is 0 Å². The van der Waals surface area contributed by atoms with Crippen molar-refractivity contribution in [3.8, 4) is 0 Å². The minimum absolute atomic E-state index is 0.188. The Morgan fingerprint density at radius 2 is 2.12 bits per heavy atom. The zero-order valence-electron chi connectivity index (χ0n) is 9.93. The summed E-state index contributed by atoms with van der Waals surface area (Å²) in [5, 5.41) is 8.97. The minimum Gasteiger partial charge on any atom is -0.481 e. The lowest BCUT2D eigenvalue weighted by molar-refractivity contribution is -0.139. The first kappa shape index (κ1) is 12.1. The van der Waals surface area contributed by atoms with Crippen molar-refractivity contribution >= 4 is 5.97 Å². The van der Waals surface area contributed by atoms with Gasteiger partial charge < -0.3 is 10.8 Å². The first-order chi connectivity index (χ1) is 8.15. The van der Waals surface area contributed by atoms with Crippen LogP contribution >= 0.6 is 0 Å². The normalized spacial score (nSPS) is 28.2. The summed E-state index contributed by atoms with van der Waals surface area (Å²) in [5.41, 5.74) is 6.92. The van der Waals surface area contributed by atoms with Crippen LogP contribution in [0.4, 0.5) is 0 Å². The van der Waals surface area contributed by atoms with E-state index in [0.29, 0.717) is 12.5 Å². The van der Waals surface area contributed by atoms with Gasteiger partial charge in [0.15, 0.2) is 0 Å². The highest BCUT2D eigenvalue weighted by Gasteiger charge is 2.40. The van der Waals surface area contributed by atoms with E-state index in [0.717, 1.165) is 19.3 Å². The first-order valence-electron chi connectivity index (χ1n) is 6.12. The first-order valence-corrected chi connectivity index (χ1v) is 6.12. The highest BCUT2D eigenvalue weighted by Crippen LogP contribution is 2.48. The second kappa shape index (κ2) is 4.88. The monoisotopic (exact) mass is 233 g/mol. The van der Waals surface area contributed by atoms with E-state index in [1.165, 1.54) is 5.56 Å². The maximum atomic E-state index is 10.9. The summed E-state index contributed by atoms with van der Waals surface area (Å²) in [6.45, 7) is 0.475. The maximum Gasteiger partial charge on any atom is 0.303 e. The Bertz CT molecular complexity index is 390. The van der Waals surface area contributed by atoms with E-state index >= 15 is 0 Å². The molecule has 0 saturated heterocycles.